The molecule has 0 heterocycles. The SMILES string of the molecule is C=CC(=O)OCC(C)(COC(=O)C=C)NC(=O)N(CCCC)CCNC(=O)OP. The minimum absolute atomic E-state index is 0.179. The molecule has 0 saturated heterocycles. The summed E-state index contributed by atoms with van der Waals surface area (Å²) in [6.45, 7) is 10.5. The molecule has 0 aromatic rings. The molecular formula is C18H30N3O7P. The fourth-order valence-electron chi connectivity index (χ4n) is 2.03. The van der Waals surface area contributed by atoms with E-state index in [1.165, 1.54) is 4.90 Å². The predicted molar refractivity (Wildman–Crippen MR) is 110 cm³/mol. The number of nitrogens with zero attached hydrogens (tertiary/aromatic N) is 1. The second-order valence-corrected chi connectivity index (χ2v) is 6.52. The van der Waals surface area contributed by atoms with Crippen LogP contribution >= 0.6 is 9.47 Å². The molecule has 0 saturated carbocycles. The van der Waals surface area contributed by atoms with Crippen LogP contribution in [-0.4, -0.2) is 67.3 Å². The third kappa shape index (κ3) is 11.7. The maximum absolute atomic E-state index is 12.8. The van der Waals surface area contributed by atoms with Crippen LogP contribution in [0.5, 0.6) is 0 Å². The fourth-order valence-corrected chi connectivity index (χ4v) is 2.11. The lowest BCUT2D eigenvalue weighted by Gasteiger charge is -2.33. The van der Waals surface area contributed by atoms with E-state index in [0.717, 1.165) is 25.0 Å². The smallest absolute Gasteiger partial charge is 0.409 e. The molecule has 11 heteroatoms. The summed E-state index contributed by atoms with van der Waals surface area (Å²) in [7, 11) is 1.83. The van der Waals surface area contributed by atoms with Gasteiger partial charge in [-0.1, -0.05) is 26.5 Å². The molecule has 0 bridgehead atoms. The molecule has 0 spiro atoms. The van der Waals surface area contributed by atoms with Gasteiger partial charge in [-0.15, -0.1) is 0 Å². The van der Waals surface area contributed by atoms with E-state index in [1.807, 2.05) is 16.4 Å². The van der Waals surface area contributed by atoms with Crippen LogP contribution in [0.2, 0.25) is 0 Å². The zero-order valence-corrected chi connectivity index (χ0v) is 18.1. The highest BCUT2D eigenvalue weighted by atomic mass is 31.0. The highest BCUT2D eigenvalue weighted by Gasteiger charge is 2.31. The number of hydrogen-bond donors (Lipinski definition) is 2. The summed E-state index contributed by atoms with van der Waals surface area (Å²) < 4.78 is 14.5. The topological polar surface area (TPSA) is 123 Å². The molecule has 10 nitrogen and oxygen atoms in total. The van der Waals surface area contributed by atoms with Gasteiger partial charge in [0.1, 0.15) is 18.8 Å². The van der Waals surface area contributed by atoms with E-state index in [9.17, 15) is 19.2 Å². The molecule has 1 atom stereocenters. The van der Waals surface area contributed by atoms with E-state index in [-0.39, 0.29) is 26.3 Å². The second kappa shape index (κ2) is 14.4. The van der Waals surface area contributed by atoms with Crippen LogP contribution in [0.4, 0.5) is 9.59 Å². The van der Waals surface area contributed by atoms with Crippen LogP contribution in [0, 0.1) is 0 Å². The average molecular weight is 431 g/mol. The Hall–Kier alpha value is -2.61. The average Bonchev–Trinajstić information content (AvgIpc) is 2.72. The predicted octanol–water partition coefficient (Wildman–Crippen LogP) is 1.53. The van der Waals surface area contributed by atoms with E-state index >= 15 is 0 Å². The first-order valence-corrected chi connectivity index (χ1v) is 9.48. The zero-order valence-electron chi connectivity index (χ0n) is 16.9. The van der Waals surface area contributed by atoms with E-state index in [2.05, 4.69) is 28.3 Å². The molecular weight excluding hydrogens is 401 g/mol. The van der Waals surface area contributed by atoms with Gasteiger partial charge in [-0.25, -0.2) is 19.2 Å². The van der Waals surface area contributed by atoms with Gasteiger partial charge in [0.25, 0.3) is 0 Å². The molecule has 0 fully saturated rings. The molecule has 0 aliphatic rings. The minimum atomic E-state index is -1.19. The molecule has 0 aliphatic carbocycles. The normalized spacial score (nSPS) is 10.3. The van der Waals surface area contributed by atoms with Crippen LogP contribution in [0.3, 0.4) is 0 Å². The lowest BCUT2D eigenvalue weighted by atomic mass is 10.1. The van der Waals surface area contributed by atoms with Crippen molar-refractivity contribution in [3.8, 4) is 0 Å². The van der Waals surface area contributed by atoms with Gasteiger partial charge in [-0.2, -0.15) is 0 Å². The molecule has 29 heavy (non-hydrogen) atoms. The maximum atomic E-state index is 12.8. The Morgan fingerprint density at radius 1 is 1.07 bits per heavy atom. The van der Waals surface area contributed by atoms with Gasteiger partial charge < -0.3 is 29.5 Å². The van der Waals surface area contributed by atoms with Gasteiger partial charge in [0.05, 0.1) is 9.47 Å². The van der Waals surface area contributed by atoms with Gasteiger partial charge >= 0.3 is 24.1 Å². The maximum Gasteiger partial charge on any atom is 0.409 e. The van der Waals surface area contributed by atoms with Crippen LogP contribution in [0.25, 0.3) is 0 Å². The van der Waals surface area contributed by atoms with E-state index in [4.69, 9.17) is 9.47 Å². The first-order chi connectivity index (χ1) is 13.7. The summed E-state index contributed by atoms with van der Waals surface area (Å²) in [4.78, 5) is 48.3. The summed E-state index contributed by atoms with van der Waals surface area (Å²) in [5.41, 5.74) is -1.19. The van der Waals surface area contributed by atoms with Gasteiger partial charge in [0.2, 0.25) is 0 Å². The third-order valence-corrected chi connectivity index (χ3v) is 3.85. The highest BCUT2D eigenvalue weighted by molar-refractivity contribution is 7.10. The van der Waals surface area contributed by atoms with Crippen molar-refractivity contribution >= 4 is 33.5 Å². The first-order valence-electron chi connectivity index (χ1n) is 9.01. The summed E-state index contributed by atoms with van der Waals surface area (Å²) in [6, 6.07) is -0.466. The standard InChI is InChI=1S/C18H30N3O7P/c1-5-8-10-21(11-9-19-17(25)28-29)16(24)20-18(4,12-26-14(22)6-2)13-27-15(23)7-3/h6-7H,2-3,5,8-13,29H2,1,4H3,(H,19,25)(H,20,24). The summed E-state index contributed by atoms with van der Waals surface area (Å²) in [6.07, 6.45) is 2.94. The number of ether oxygens (including phenoxy) is 2. The number of unbranched alkanes of at least 4 members (excludes halogenated alkanes) is 1. The van der Waals surface area contributed by atoms with Gasteiger partial charge in [-0.05, 0) is 13.3 Å². The number of carbonyl (C=O) groups is 4. The Balaban J connectivity index is 5.14. The Kier molecular flexibility index (Phi) is 13.1. The van der Waals surface area contributed by atoms with Crippen LogP contribution in [-0.2, 0) is 23.6 Å². The Morgan fingerprint density at radius 2 is 1.62 bits per heavy atom. The summed E-state index contributed by atoms with van der Waals surface area (Å²) >= 11 is 0. The number of carbonyl (C=O) groups excluding carboxylic acids is 4. The van der Waals surface area contributed by atoms with E-state index in [1.54, 1.807) is 6.92 Å². The van der Waals surface area contributed by atoms with Crippen molar-refractivity contribution in [2.75, 3.05) is 32.8 Å². The summed E-state index contributed by atoms with van der Waals surface area (Å²) in [5.74, 6) is -1.35. The fraction of sp³-hybridized carbons (Fsp3) is 0.556. The number of amides is 3. The van der Waals surface area contributed by atoms with E-state index in [0.29, 0.717) is 6.54 Å². The molecule has 0 radical (unpaired) electrons. The van der Waals surface area contributed by atoms with Crippen LogP contribution in [0.15, 0.2) is 25.3 Å². The molecule has 2 N–H and O–H groups in total. The monoisotopic (exact) mass is 431 g/mol. The Morgan fingerprint density at radius 3 is 2.07 bits per heavy atom. The van der Waals surface area contributed by atoms with Gasteiger partial charge in [-0.3, -0.25) is 0 Å². The minimum Gasteiger partial charge on any atom is -0.460 e. The van der Waals surface area contributed by atoms with Crippen LogP contribution in [0.1, 0.15) is 26.7 Å². The molecule has 0 aliphatic heterocycles. The van der Waals surface area contributed by atoms with Crippen molar-refractivity contribution < 1.29 is 33.2 Å². The van der Waals surface area contributed by atoms with Crippen molar-refractivity contribution in [3.05, 3.63) is 25.3 Å². The summed E-state index contributed by atoms with van der Waals surface area (Å²) in [5, 5.41) is 5.22. The van der Waals surface area contributed by atoms with Gasteiger partial charge in [0.15, 0.2) is 0 Å². The molecule has 0 aromatic heterocycles. The number of urea groups is 1. The van der Waals surface area contributed by atoms with Crippen molar-refractivity contribution in [2.24, 2.45) is 0 Å². The molecule has 1 unspecified atom stereocenters. The first kappa shape index (κ1) is 26.4. The second-order valence-electron chi connectivity index (χ2n) is 6.29. The zero-order chi connectivity index (χ0) is 22.3. The molecule has 0 aromatic carbocycles. The largest absolute Gasteiger partial charge is 0.460 e. The number of esters is 2. The van der Waals surface area contributed by atoms with E-state index < -0.39 is 29.6 Å². The Bertz CT molecular complexity index is 574. The van der Waals surface area contributed by atoms with Crippen LogP contribution < -0.4 is 10.6 Å². The lowest BCUT2D eigenvalue weighted by Crippen LogP contribution is -2.57. The van der Waals surface area contributed by atoms with Gasteiger partial charge in [0, 0.05) is 31.8 Å². The van der Waals surface area contributed by atoms with Crippen molar-refractivity contribution in [2.45, 2.75) is 32.2 Å². The number of rotatable bonds is 13. The Labute approximate surface area is 173 Å². The highest BCUT2D eigenvalue weighted by Crippen LogP contribution is 2.09. The third-order valence-electron chi connectivity index (χ3n) is 3.63. The molecule has 0 rings (SSSR count). The van der Waals surface area contributed by atoms with Crippen molar-refractivity contribution in [1.29, 1.82) is 0 Å². The quantitative estimate of drug-likeness (QED) is 0.258. The molecule has 3 amide bonds. The number of nitrogens with one attached hydrogen (secondary N) is 2. The van der Waals surface area contributed by atoms with Crippen molar-refractivity contribution in [3.63, 3.8) is 0 Å². The number of hydrogen-bond acceptors (Lipinski definition) is 7. The van der Waals surface area contributed by atoms with Crippen molar-refractivity contribution in [1.82, 2.24) is 15.5 Å². The lowest BCUT2D eigenvalue weighted by molar-refractivity contribution is -0.144. The molecule has 164 valence electrons.